The number of nitrogens with zero attached hydrogens (tertiary/aromatic N) is 2. The van der Waals surface area contributed by atoms with Crippen LogP contribution >= 0.6 is 11.8 Å². The molecule has 2 amide bonds. The quantitative estimate of drug-likeness (QED) is 0.613. The van der Waals surface area contributed by atoms with Crippen LogP contribution in [0.25, 0.3) is 0 Å². The molecule has 7 heteroatoms. The number of thioether (sulfide) groups is 1. The van der Waals surface area contributed by atoms with Gasteiger partial charge in [0.05, 0.1) is 0 Å². The van der Waals surface area contributed by atoms with Crippen LogP contribution in [-0.2, 0) is 11.2 Å². The van der Waals surface area contributed by atoms with E-state index in [0.29, 0.717) is 24.1 Å². The molecule has 132 valence electrons. The number of rotatable bonds is 6. The molecule has 25 heavy (non-hydrogen) atoms. The Hall–Kier alpha value is -2.41. The maximum absolute atomic E-state index is 12.2. The van der Waals surface area contributed by atoms with E-state index in [4.69, 9.17) is 0 Å². The maximum Gasteiger partial charge on any atom is 0.251 e. The van der Waals surface area contributed by atoms with Crippen LogP contribution in [0.5, 0.6) is 0 Å². The molecule has 1 heterocycles. The Bertz CT molecular complexity index is 752. The minimum atomic E-state index is -0.155. The molecule has 2 aromatic rings. The molecule has 0 radical (unpaired) electrons. The van der Waals surface area contributed by atoms with E-state index in [2.05, 4.69) is 20.6 Å². The van der Waals surface area contributed by atoms with Gasteiger partial charge in [0, 0.05) is 36.1 Å². The Morgan fingerprint density at radius 1 is 1.08 bits per heavy atom. The number of carbonyl (C=O) groups excluding carboxylic acids is 2. The molecular formula is C18H22N4O2S. The molecule has 0 unspecified atom stereocenters. The Labute approximate surface area is 151 Å². The van der Waals surface area contributed by atoms with Crippen LogP contribution in [0.2, 0.25) is 0 Å². The molecule has 0 bridgehead atoms. The average Bonchev–Trinajstić information content (AvgIpc) is 2.60. The number of aromatic nitrogens is 2. The molecule has 0 fully saturated rings. The van der Waals surface area contributed by atoms with Crippen molar-refractivity contribution in [3.8, 4) is 0 Å². The molecule has 1 aromatic carbocycles. The van der Waals surface area contributed by atoms with E-state index in [0.717, 1.165) is 22.1 Å². The Morgan fingerprint density at radius 3 is 2.20 bits per heavy atom. The second-order valence-corrected chi connectivity index (χ2v) is 6.34. The zero-order chi connectivity index (χ0) is 18.4. The van der Waals surface area contributed by atoms with Gasteiger partial charge in [0.15, 0.2) is 5.16 Å². The molecule has 1 aromatic heterocycles. The fourth-order valence-corrected chi connectivity index (χ4v) is 2.93. The van der Waals surface area contributed by atoms with Crippen molar-refractivity contribution in [1.29, 1.82) is 0 Å². The van der Waals surface area contributed by atoms with E-state index in [1.165, 1.54) is 11.8 Å². The molecule has 0 aliphatic rings. The molecular weight excluding hydrogens is 336 g/mol. The number of hydrogen-bond acceptors (Lipinski definition) is 5. The van der Waals surface area contributed by atoms with Gasteiger partial charge in [-0.2, -0.15) is 0 Å². The number of benzene rings is 1. The van der Waals surface area contributed by atoms with Crippen molar-refractivity contribution in [3.05, 3.63) is 46.8 Å². The molecule has 6 nitrogen and oxygen atoms in total. The van der Waals surface area contributed by atoms with Crippen molar-refractivity contribution in [2.75, 3.05) is 18.6 Å². The van der Waals surface area contributed by atoms with Crippen LogP contribution in [-0.4, -0.2) is 35.1 Å². The largest absolute Gasteiger partial charge is 0.355 e. The van der Waals surface area contributed by atoms with Crippen molar-refractivity contribution < 1.29 is 9.59 Å². The topological polar surface area (TPSA) is 84.0 Å². The number of amides is 2. The molecule has 0 atom stereocenters. The van der Waals surface area contributed by atoms with Gasteiger partial charge in [-0.3, -0.25) is 9.59 Å². The predicted molar refractivity (Wildman–Crippen MR) is 100 cm³/mol. The lowest BCUT2D eigenvalue weighted by Crippen LogP contribution is -2.18. The number of hydrogen-bond donors (Lipinski definition) is 2. The minimum Gasteiger partial charge on any atom is -0.355 e. The van der Waals surface area contributed by atoms with E-state index >= 15 is 0 Å². The molecule has 0 saturated carbocycles. The Balaban J connectivity index is 1.96. The lowest BCUT2D eigenvalue weighted by Gasteiger charge is -2.10. The summed E-state index contributed by atoms with van der Waals surface area (Å²) in [5.41, 5.74) is 4.07. The van der Waals surface area contributed by atoms with Crippen LogP contribution in [0.1, 0.15) is 33.7 Å². The number of aryl methyl sites for hydroxylation is 2. The first kappa shape index (κ1) is 18.9. The first-order chi connectivity index (χ1) is 11.9. The van der Waals surface area contributed by atoms with Gasteiger partial charge < -0.3 is 10.6 Å². The van der Waals surface area contributed by atoms with Crippen molar-refractivity contribution in [1.82, 2.24) is 15.3 Å². The normalized spacial score (nSPS) is 10.4. The number of anilines is 1. The van der Waals surface area contributed by atoms with Gasteiger partial charge in [0.1, 0.15) is 0 Å². The summed E-state index contributed by atoms with van der Waals surface area (Å²) in [6, 6.07) is 6.79. The average molecular weight is 358 g/mol. The SMILES string of the molecule is CNC(=O)c1ccc(NC(=O)CCc2c(C)nc(SC)nc2C)cc1. The van der Waals surface area contributed by atoms with Gasteiger partial charge in [0.2, 0.25) is 5.91 Å². The summed E-state index contributed by atoms with van der Waals surface area (Å²) in [4.78, 5) is 32.5. The zero-order valence-corrected chi connectivity index (χ0v) is 15.7. The zero-order valence-electron chi connectivity index (χ0n) is 14.8. The monoisotopic (exact) mass is 358 g/mol. The third-order valence-electron chi connectivity index (χ3n) is 3.84. The standard InChI is InChI=1S/C18H22N4O2S/c1-11-15(12(2)21-18(20-11)25-4)9-10-16(23)22-14-7-5-13(6-8-14)17(24)19-3/h5-8H,9-10H2,1-4H3,(H,19,24)(H,22,23). The van der Waals surface area contributed by atoms with Crippen molar-refractivity contribution in [2.45, 2.75) is 31.8 Å². The predicted octanol–water partition coefficient (Wildman–Crippen LogP) is 2.75. The van der Waals surface area contributed by atoms with Crippen molar-refractivity contribution >= 4 is 29.3 Å². The molecule has 0 aliphatic carbocycles. The Morgan fingerprint density at radius 2 is 1.68 bits per heavy atom. The van der Waals surface area contributed by atoms with Gasteiger partial charge in [-0.05, 0) is 56.4 Å². The van der Waals surface area contributed by atoms with E-state index in [1.54, 1.807) is 31.3 Å². The first-order valence-electron chi connectivity index (χ1n) is 7.94. The summed E-state index contributed by atoms with van der Waals surface area (Å²) in [5.74, 6) is -0.238. The van der Waals surface area contributed by atoms with Crippen LogP contribution < -0.4 is 10.6 Å². The molecule has 0 saturated heterocycles. The third-order valence-corrected chi connectivity index (χ3v) is 4.39. The summed E-state index contributed by atoms with van der Waals surface area (Å²) < 4.78 is 0. The summed E-state index contributed by atoms with van der Waals surface area (Å²) in [6.45, 7) is 3.89. The van der Waals surface area contributed by atoms with Crippen LogP contribution in [0.15, 0.2) is 29.4 Å². The number of carbonyl (C=O) groups is 2. The van der Waals surface area contributed by atoms with Crippen molar-refractivity contribution in [3.63, 3.8) is 0 Å². The highest BCUT2D eigenvalue weighted by molar-refractivity contribution is 7.98. The highest BCUT2D eigenvalue weighted by atomic mass is 32.2. The third kappa shape index (κ3) is 5.03. The minimum absolute atomic E-state index is 0.0829. The highest BCUT2D eigenvalue weighted by Crippen LogP contribution is 2.17. The second kappa shape index (κ2) is 8.62. The lowest BCUT2D eigenvalue weighted by molar-refractivity contribution is -0.116. The summed E-state index contributed by atoms with van der Waals surface area (Å²) in [5, 5.41) is 6.15. The van der Waals surface area contributed by atoms with Gasteiger partial charge in [0.25, 0.3) is 5.91 Å². The fourth-order valence-electron chi connectivity index (χ4n) is 2.47. The summed E-state index contributed by atoms with van der Waals surface area (Å²) in [7, 11) is 1.58. The Kier molecular flexibility index (Phi) is 6.52. The molecule has 0 spiro atoms. The molecule has 2 N–H and O–H groups in total. The first-order valence-corrected chi connectivity index (χ1v) is 9.17. The van der Waals surface area contributed by atoms with Gasteiger partial charge in [-0.25, -0.2) is 9.97 Å². The van der Waals surface area contributed by atoms with Crippen LogP contribution in [0.4, 0.5) is 5.69 Å². The lowest BCUT2D eigenvalue weighted by atomic mass is 10.1. The maximum atomic E-state index is 12.2. The van der Waals surface area contributed by atoms with Gasteiger partial charge in [-0.15, -0.1) is 0 Å². The van der Waals surface area contributed by atoms with E-state index in [1.807, 2.05) is 20.1 Å². The van der Waals surface area contributed by atoms with Gasteiger partial charge >= 0.3 is 0 Å². The van der Waals surface area contributed by atoms with Crippen LogP contribution in [0.3, 0.4) is 0 Å². The van der Waals surface area contributed by atoms with E-state index < -0.39 is 0 Å². The highest BCUT2D eigenvalue weighted by Gasteiger charge is 2.11. The second-order valence-electron chi connectivity index (χ2n) is 5.56. The summed E-state index contributed by atoms with van der Waals surface area (Å²) >= 11 is 1.51. The van der Waals surface area contributed by atoms with Crippen LogP contribution in [0, 0.1) is 13.8 Å². The fraction of sp³-hybridized carbons (Fsp3) is 0.333. The summed E-state index contributed by atoms with van der Waals surface area (Å²) in [6.07, 6.45) is 2.88. The molecule has 2 rings (SSSR count). The molecule has 0 aliphatic heterocycles. The van der Waals surface area contributed by atoms with Crippen molar-refractivity contribution in [2.24, 2.45) is 0 Å². The smallest absolute Gasteiger partial charge is 0.251 e. The van der Waals surface area contributed by atoms with E-state index in [-0.39, 0.29) is 11.8 Å². The van der Waals surface area contributed by atoms with E-state index in [9.17, 15) is 9.59 Å². The number of nitrogens with one attached hydrogen (secondary N) is 2. The van der Waals surface area contributed by atoms with Gasteiger partial charge in [-0.1, -0.05) is 11.8 Å².